The number of hydrogen-bond acceptors (Lipinski definition) is 6. The fourth-order valence-electron chi connectivity index (χ4n) is 1.80. The van der Waals surface area contributed by atoms with Crippen LogP contribution in [0.5, 0.6) is 11.5 Å². The van der Waals surface area contributed by atoms with Crippen LogP contribution < -0.4 is 14.8 Å². The number of nitro groups is 1. The number of amides is 1. The van der Waals surface area contributed by atoms with Crippen LogP contribution in [-0.4, -0.2) is 31.6 Å². The third-order valence-corrected chi connectivity index (χ3v) is 3.21. The Morgan fingerprint density at radius 3 is 2.52 bits per heavy atom. The van der Waals surface area contributed by atoms with E-state index in [-0.39, 0.29) is 27.7 Å². The second-order valence-electron chi connectivity index (χ2n) is 4.15. The van der Waals surface area contributed by atoms with E-state index in [1.165, 1.54) is 20.3 Å². The Hall–Kier alpha value is -2.79. The van der Waals surface area contributed by atoms with Gasteiger partial charge in [-0.05, 0) is 13.0 Å². The summed E-state index contributed by atoms with van der Waals surface area (Å²) in [5, 5.41) is 22.5. The van der Waals surface area contributed by atoms with Crippen molar-refractivity contribution in [1.82, 2.24) is 5.32 Å². The average Bonchev–Trinajstić information content (AvgIpc) is 2.54. The molecule has 1 amide bonds. The molecule has 0 radical (unpaired) electrons. The van der Waals surface area contributed by atoms with Gasteiger partial charge in [0.2, 0.25) is 5.75 Å². The Morgan fingerprint density at radius 2 is 2.09 bits per heavy atom. The lowest BCUT2D eigenvalue weighted by atomic mass is 10.1. The lowest BCUT2D eigenvalue weighted by Gasteiger charge is -2.11. The predicted octanol–water partition coefficient (Wildman–Crippen LogP) is 2.22. The second-order valence-corrected chi connectivity index (χ2v) is 4.53. The molecule has 0 aliphatic carbocycles. The highest BCUT2D eigenvalue weighted by Crippen LogP contribution is 2.40. The van der Waals surface area contributed by atoms with Gasteiger partial charge in [-0.2, -0.15) is 5.26 Å². The van der Waals surface area contributed by atoms with E-state index in [2.05, 4.69) is 5.32 Å². The van der Waals surface area contributed by atoms with Crippen molar-refractivity contribution in [2.45, 2.75) is 6.92 Å². The molecule has 0 heterocycles. The molecule has 0 aliphatic heterocycles. The fourth-order valence-corrected chi connectivity index (χ4v) is 2.04. The van der Waals surface area contributed by atoms with E-state index < -0.39 is 16.5 Å². The van der Waals surface area contributed by atoms with Gasteiger partial charge in [-0.3, -0.25) is 14.9 Å². The van der Waals surface area contributed by atoms with E-state index in [9.17, 15) is 14.9 Å². The topological polar surface area (TPSA) is 114 Å². The number of likely N-dealkylation sites (N-methyl/N-ethyl adjacent to an activating group) is 1. The number of halogens is 1. The zero-order valence-corrected chi connectivity index (χ0v) is 13.4. The number of hydrogen-bond donors (Lipinski definition) is 1. The lowest BCUT2D eigenvalue weighted by molar-refractivity contribution is -0.385. The summed E-state index contributed by atoms with van der Waals surface area (Å²) in [6, 6.07) is 4.16. The molecule has 0 unspecified atom stereocenters. The van der Waals surface area contributed by atoms with Crippen molar-refractivity contribution in [2.24, 2.45) is 0 Å². The van der Waals surface area contributed by atoms with Crippen LogP contribution in [0.4, 0.5) is 5.69 Å². The first-order chi connectivity index (χ1) is 10.9. The molecule has 0 spiro atoms. The van der Waals surface area contributed by atoms with Gasteiger partial charge in [0.25, 0.3) is 5.91 Å². The number of rotatable bonds is 6. The molecule has 9 heteroatoms. The fraction of sp³-hybridized carbons (Fsp3) is 0.286. The third kappa shape index (κ3) is 3.90. The number of ether oxygens (including phenoxy) is 2. The van der Waals surface area contributed by atoms with Gasteiger partial charge < -0.3 is 14.8 Å². The van der Waals surface area contributed by atoms with Crippen LogP contribution in [0.25, 0.3) is 5.03 Å². The van der Waals surface area contributed by atoms with Gasteiger partial charge >= 0.3 is 5.69 Å². The number of nitrogens with zero attached hydrogens (tertiary/aromatic N) is 2. The van der Waals surface area contributed by atoms with Crippen LogP contribution in [0.1, 0.15) is 12.5 Å². The summed E-state index contributed by atoms with van der Waals surface area (Å²) in [5.41, 5.74) is -0.651. The van der Waals surface area contributed by atoms with Gasteiger partial charge in [0, 0.05) is 18.2 Å². The average molecular weight is 340 g/mol. The monoisotopic (exact) mass is 339 g/mol. The van der Waals surface area contributed by atoms with Crippen molar-refractivity contribution in [1.29, 1.82) is 5.26 Å². The first-order valence-electron chi connectivity index (χ1n) is 6.40. The molecule has 1 aromatic rings. The van der Waals surface area contributed by atoms with Gasteiger partial charge in [-0.15, -0.1) is 0 Å². The molecular weight excluding hydrogens is 326 g/mol. The Morgan fingerprint density at radius 1 is 1.43 bits per heavy atom. The van der Waals surface area contributed by atoms with E-state index >= 15 is 0 Å². The molecule has 1 N–H and O–H groups in total. The summed E-state index contributed by atoms with van der Waals surface area (Å²) in [7, 11) is 2.56. The van der Waals surface area contributed by atoms with Crippen LogP contribution in [0.15, 0.2) is 17.7 Å². The minimum absolute atomic E-state index is 0.0584. The number of methoxy groups -OCH3 is 2. The lowest BCUT2D eigenvalue weighted by Crippen LogP contribution is -2.24. The summed E-state index contributed by atoms with van der Waals surface area (Å²) < 4.78 is 10.0. The minimum atomic E-state index is -0.673. The largest absolute Gasteiger partial charge is 0.493 e. The van der Waals surface area contributed by atoms with E-state index in [1.807, 2.05) is 0 Å². The normalized spacial score (nSPS) is 11.1. The summed E-state index contributed by atoms with van der Waals surface area (Å²) in [6.45, 7) is 1.99. The Bertz CT molecular complexity index is 709. The molecule has 0 saturated heterocycles. The molecule has 8 nitrogen and oxygen atoms in total. The van der Waals surface area contributed by atoms with Gasteiger partial charge in [0.15, 0.2) is 5.75 Å². The highest BCUT2D eigenvalue weighted by Gasteiger charge is 2.24. The third-order valence-electron chi connectivity index (χ3n) is 2.81. The van der Waals surface area contributed by atoms with Crippen molar-refractivity contribution in [3.05, 3.63) is 33.4 Å². The van der Waals surface area contributed by atoms with E-state index in [1.54, 1.807) is 13.0 Å². The molecule has 0 aliphatic rings. The van der Waals surface area contributed by atoms with Crippen molar-refractivity contribution < 1.29 is 19.2 Å². The van der Waals surface area contributed by atoms with Crippen molar-refractivity contribution in [3.63, 3.8) is 0 Å². The molecule has 23 heavy (non-hydrogen) atoms. The zero-order chi connectivity index (χ0) is 17.6. The highest BCUT2D eigenvalue weighted by atomic mass is 35.5. The summed E-state index contributed by atoms with van der Waals surface area (Å²) >= 11 is 6.08. The number of nitro benzene ring substituents is 1. The van der Waals surface area contributed by atoms with Crippen molar-refractivity contribution in [3.8, 4) is 17.6 Å². The van der Waals surface area contributed by atoms with Gasteiger partial charge in [0.05, 0.1) is 24.2 Å². The van der Waals surface area contributed by atoms with E-state index in [0.717, 1.165) is 6.07 Å². The standard InChI is InChI=1S/C14H14ClN3O5/c1-4-17-14(19)9(7-16)12(15)8-5-10(18(20)21)13(23-3)11(6-8)22-2/h5-6H,4H2,1-3H3,(H,17,19)/b12-9-. The van der Waals surface area contributed by atoms with Crippen LogP contribution in [0.2, 0.25) is 0 Å². The van der Waals surface area contributed by atoms with Crippen LogP contribution in [0, 0.1) is 21.4 Å². The summed E-state index contributed by atoms with van der Waals surface area (Å²) in [6.07, 6.45) is 0. The maximum Gasteiger partial charge on any atom is 0.315 e. The summed E-state index contributed by atoms with van der Waals surface area (Å²) in [5.74, 6) is -0.692. The van der Waals surface area contributed by atoms with Gasteiger partial charge in [-0.1, -0.05) is 11.6 Å². The number of nitriles is 1. The van der Waals surface area contributed by atoms with E-state index in [0.29, 0.717) is 6.54 Å². The maximum absolute atomic E-state index is 11.8. The number of benzene rings is 1. The number of nitrogens with one attached hydrogen (secondary N) is 1. The minimum Gasteiger partial charge on any atom is -0.493 e. The molecule has 1 rings (SSSR count). The van der Waals surface area contributed by atoms with E-state index in [4.69, 9.17) is 26.3 Å². The van der Waals surface area contributed by atoms with Gasteiger partial charge in [-0.25, -0.2) is 0 Å². The van der Waals surface area contributed by atoms with Crippen molar-refractivity contribution >= 4 is 28.2 Å². The molecule has 0 fully saturated rings. The number of carbonyl (C=O) groups is 1. The second kappa shape index (κ2) is 8.00. The molecular formula is C14H14ClN3O5. The smallest absolute Gasteiger partial charge is 0.315 e. The molecule has 0 atom stereocenters. The Kier molecular flexibility index (Phi) is 6.35. The SMILES string of the molecule is CCNC(=O)/C(C#N)=C(\Cl)c1cc(OC)c(OC)c([N+](=O)[O-])c1. The zero-order valence-electron chi connectivity index (χ0n) is 12.7. The van der Waals surface area contributed by atoms with Crippen LogP contribution in [0.3, 0.4) is 0 Å². The van der Waals surface area contributed by atoms with Crippen LogP contribution >= 0.6 is 11.6 Å². The molecule has 0 bridgehead atoms. The summed E-state index contributed by atoms with van der Waals surface area (Å²) in [4.78, 5) is 22.3. The van der Waals surface area contributed by atoms with Gasteiger partial charge in [0.1, 0.15) is 11.6 Å². The molecule has 0 saturated carbocycles. The first kappa shape index (κ1) is 18.3. The van der Waals surface area contributed by atoms with Crippen LogP contribution in [-0.2, 0) is 4.79 Å². The first-order valence-corrected chi connectivity index (χ1v) is 6.77. The predicted molar refractivity (Wildman–Crippen MR) is 83.3 cm³/mol. The quantitative estimate of drug-likeness (QED) is 0.368. The molecule has 1 aromatic carbocycles. The Balaban J connectivity index is 3.59. The van der Waals surface area contributed by atoms with Crippen molar-refractivity contribution in [2.75, 3.05) is 20.8 Å². The highest BCUT2D eigenvalue weighted by molar-refractivity contribution is 6.51. The molecule has 0 aromatic heterocycles. The number of carbonyl (C=O) groups excluding carboxylic acids is 1. The maximum atomic E-state index is 11.8. The Labute approximate surface area is 137 Å². The molecule has 122 valence electrons.